The molecule has 1 aromatic heterocycles. The van der Waals surface area contributed by atoms with Crippen molar-refractivity contribution in [1.82, 2.24) is 9.47 Å². The molecule has 3 unspecified atom stereocenters. The van der Waals surface area contributed by atoms with E-state index >= 15 is 0 Å². The van der Waals surface area contributed by atoms with Crippen LogP contribution < -0.4 is 20.4 Å². The highest BCUT2D eigenvalue weighted by molar-refractivity contribution is 6.04. The number of hydrogen-bond acceptors (Lipinski definition) is 3. The molecule has 352 valence electrons. The van der Waals surface area contributed by atoms with E-state index in [-0.39, 0.29) is 17.9 Å². The average molecular weight is 917 g/mol. The fourth-order valence-electron chi connectivity index (χ4n) is 13.4. The summed E-state index contributed by atoms with van der Waals surface area (Å²) in [6.45, 7) is 18.5. The van der Waals surface area contributed by atoms with Crippen LogP contribution in [0.25, 0.3) is 28.8 Å². The Hall–Kier alpha value is -6.52. The molecule has 5 aromatic rings. The normalized spacial score (nSPS) is 22.5. The highest BCUT2D eigenvalue weighted by atomic mass is 15.3. The van der Waals surface area contributed by atoms with Gasteiger partial charge in [-0.05, 0) is 156 Å². The van der Waals surface area contributed by atoms with E-state index < -0.39 is 0 Å². The van der Waals surface area contributed by atoms with Crippen LogP contribution in [0, 0.1) is 17.8 Å². The number of benzene rings is 4. The Morgan fingerprint density at radius 3 is 1.83 bits per heavy atom. The molecule has 70 heavy (non-hydrogen) atoms. The number of rotatable bonds is 10. The molecular formula is C66H68N4. The van der Waals surface area contributed by atoms with Gasteiger partial charge in [0.05, 0.1) is 23.2 Å². The van der Waals surface area contributed by atoms with Gasteiger partial charge in [-0.2, -0.15) is 0 Å². The van der Waals surface area contributed by atoms with Crippen LogP contribution in [0.1, 0.15) is 140 Å². The smallest absolute Gasteiger partial charge is 0.0719 e. The van der Waals surface area contributed by atoms with Gasteiger partial charge < -0.3 is 19.3 Å². The van der Waals surface area contributed by atoms with Crippen molar-refractivity contribution in [3.05, 3.63) is 206 Å². The first-order valence-corrected chi connectivity index (χ1v) is 26.8. The van der Waals surface area contributed by atoms with Crippen LogP contribution in [0.5, 0.6) is 0 Å². The van der Waals surface area contributed by atoms with Crippen LogP contribution in [0.15, 0.2) is 173 Å². The molecule has 13 rings (SSSR count). The molecule has 0 radical (unpaired) electrons. The molecule has 0 bridgehead atoms. The van der Waals surface area contributed by atoms with Crippen molar-refractivity contribution in [3.8, 4) is 0 Å². The molecule has 4 atom stereocenters. The second kappa shape index (κ2) is 16.5. The lowest BCUT2D eigenvalue weighted by Gasteiger charge is -2.36. The number of allylic oxidation sites excluding steroid dienone is 11. The number of fused-ring (bicyclic) bond motifs is 11. The lowest BCUT2D eigenvalue weighted by atomic mass is 9.78. The van der Waals surface area contributed by atoms with Crippen molar-refractivity contribution in [2.45, 2.75) is 124 Å². The summed E-state index contributed by atoms with van der Waals surface area (Å²) in [5.74, 6) is 3.12. The van der Waals surface area contributed by atoms with E-state index in [1.165, 1.54) is 112 Å². The van der Waals surface area contributed by atoms with Gasteiger partial charge in [0.1, 0.15) is 0 Å². The third-order valence-corrected chi connectivity index (χ3v) is 17.2. The van der Waals surface area contributed by atoms with E-state index in [1.54, 1.807) is 0 Å². The van der Waals surface area contributed by atoms with Crippen molar-refractivity contribution < 1.29 is 0 Å². The molecule has 0 N–H and O–H groups in total. The largest absolute Gasteiger partial charge is 0.336 e. The van der Waals surface area contributed by atoms with Crippen molar-refractivity contribution in [2.75, 3.05) is 9.80 Å². The SMILES string of the molecule is CC(C)c1ccc(N(C2=CC=C3C4=C(CC5C(=C4)n4c6c(c7c(N(C8=CCC(C(C)C)C=C8)c8ccc(C(C)C)cc8)ccc5c74)=CCCC=6)N4C5=CCCC=C5[C@@H]2C34)c2ccc(C(C)C)cc2)cc1. The first-order valence-electron chi connectivity index (χ1n) is 26.8. The van der Waals surface area contributed by atoms with Crippen LogP contribution in [-0.4, -0.2) is 15.5 Å². The Labute approximate surface area is 416 Å². The average Bonchev–Trinajstić information content (AvgIpc) is 4.11. The second-order valence-corrected chi connectivity index (χ2v) is 22.6. The minimum Gasteiger partial charge on any atom is -0.336 e. The number of nitrogens with zero attached hydrogens (tertiary/aromatic N) is 4. The predicted octanol–water partition coefficient (Wildman–Crippen LogP) is 15.8. The maximum atomic E-state index is 2.82. The lowest BCUT2D eigenvalue weighted by molar-refractivity contribution is 0.375. The van der Waals surface area contributed by atoms with Crippen molar-refractivity contribution in [1.29, 1.82) is 0 Å². The zero-order valence-corrected chi connectivity index (χ0v) is 42.5. The molecule has 4 aromatic carbocycles. The molecule has 8 aliphatic rings. The summed E-state index contributed by atoms with van der Waals surface area (Å²) in [5.41, 5.74) is 23.5. The van der Waals surface area contributed by atoms with Crippen LogP contribution in [-0.2, 0) is 0 Å². The Kier molecular flexibility index (Phi) is 10.3. The maximum Gasteiger partial charge on any atom is 0.0719 e. The third kappa shape index (κ3) is 6.54. The highest BCUT2D eigenvalue weighted by Gasteiger charge is 2.55. The minimum atomic E-state index is 0.216. The Morgan fingerprint density at radius 2 is 1.21 bits per heavy atom. The molecule has 4 nitrogen and oxygen atoms in total. The summed E-state index contributed by atoms with van der Waals surface area (Å²) in [5, 5.41) is 4.19. The van der Waals surface area contributed by atoms with Gasteiger partial charge in [-0.1, -0.05) is 140 Å². The van der Waals surface area contributed by atoms with E-state index in [9.17, 15) is 0 Å². The second-order valence-electron chi connectivity index (χ2n) is 22.6. The molecule has 4 heteroatoms. The summed E-state index contributed by atoms with van der Waals surface area (Å²) < 4.78 is 2.72. The van der Waals surface area contributed by atoms with E-state index in [4.69, 9.17) is 0 Å². The van der Waals surface area contributed by atoms with Gasteiger partial charge in [0.15, 0.2) is 0 Å². The molecule has 1 saturated heterocycles. The van der Waals surface area contributed by atoms with Crippen LogP contribution in [0.2, 0.25) is 0 Å². The summed E-state index contributed by atoms with van der Waals surface area (Å²) >= 11 is 0. The summed E-state index contributed by atoms with van der Waals surface area (Å²) in [7, 11) is 0. The monoisotopic (exact) mass is 917 g/mol. The van der Waals surface area contributed by atoms with Gasteiger partial charge >= 0.3 is 0 Å². The van der Waals surface area contributed by atoms with E-state index in [2.05, 4.69) is 220 Å². The van der Waals surface area contributed by atoms with Crippen molar-refractivity contribution >= 4 is 51.5 Å². The van der Waals surface area contributed by atoms with Gasteiger partial charge in [0.2, 0.25) is 0 Å². The summed E-state index contributed by atoms with van der Waals surface area (Å²) in [6.07, 6.45) is 31.7. The lowest BCUT2D eigenvalue weighted by Crippen LogP contribution is -2.35. The topological polar surface area (TPSA) is 14.7 Å². The molecular weight excluding hydrogens is 849 g/mol. The Bertz CT molecular complexity index is 3330. The van der Waals surface area contributed by atoms with Gasteiger partial charge in [-0.15, -0.1) is 0 Å². The molecule has 4 heterocycles. The standard InChI is InChI=1S/C66H68N4/c1-39(2)43-17-25-47(26-18-43)67(48-27-19-44(20-28-48)40(3)4)59-35-33-51-55-37-62-56(38-61(55)69-57-15-11-9-13-53(57)63(59)65(51)69)52-34-36-60(64-54-14-10-12-16-58(54)70(62)66(52)64)68(49-29-21-45(22-30-49)41(5)6)50-31-23-46(24-32-50)42(7)8/h13-23,25-37,39-42,46,56,63,65H,9-12,24,38H2,1-8H3/t46?,56?,63-,65?/m0/s1. The maximum absolute atomic E-state index is 2.82. The van der Waals surface area contributed by atoms with Crippen LogP contribution >= 0.6 is 0 Å². The molecule has 5 aliphatic carbocycles. The zero-order valence-electron chi connectivity index (χ0n) is 42.5. The third-order valence-electron chi connectivity index (χ3n) is 17.2. The zero-order chi connectivity index (χ0) is 47.7. The van der Waals surface area contributed by atoms with E-state index in [0.29, 0.717) is 29.6 Å². The number of anilines is 4. The predicted molar refractivity (Wildman–Crippen MR) is 295 cm³/mol. The highest BCUT2D eigenvalue weighted by Crippen LogP contribution is 2.61. The van der Waals surface area contributed by atoms with Gasteiger partial charge in [0.25, 0.3) is 0 Å². The fourth-order valence-corrected chi connectivity index (χ4v) is 13.4. The van der Waals surface area contributed by atoms with Gasteiger partial charge in [0, 0.05) is 79.4 Å². The number of hydrogen-bond donors (Lipinski definition) is 0. The number of aromatic nitrogens is 1. The molecule has 3 aliphatic heterocycles. The fraction of sp³-hybridized carbons (Fsp3) is 0.333. The Balaban J connectivity index is 0.963. The first-order chi connectivity index (χ1) is 34.0. The molecule has 0 saturated carbocycles. The molecule has 0 spiro atoms. The van der Waals surface area contributed by atoms with Crippen LogP contribution in [0.3, 0.4) is 0 Å². The minimum absolute atomic E-state index is 0.216. The van der Waals surface area contributed by atoms with Gasteiger partial charge in [-0.3, -0.25) is 0 Å². The molecule has 1 fully saturated rings. The van der Waals surface area contributed by atoms with Crippen molar-refractivity contribution in [3.63, 3.8) is 0 Å². The van der Waals surface area contributed by atoms with E-state index in [0.717, 1.165) is 38.5 Å². The summed E-state index contributed by atoms with van der Waals surface area (Å²) in [4.78, 5) is 7.98. The van der Waals surface area contributed by atoms with E-state index in [1.807, 2.05) is 0 Å². The van der Waals surface area contributed by atoms with Crippen molar-refractivity contribution in [2.24, 2.45) is 17.8 Å². The Morgan fingerprint density at radius 1 is 0.600 bits per heavy atom. The first kappa shape index (κ1) is 43.5. The van der Waals surface area contributed by atoms with Gasteiger partial charge in [-0.25, -0.2) is 0 Å². The molecule has 0 amide bonds. The quantitative estimate of drug-likeness (QED) is 0.139. The van der Waals surface area contributed by atoms with Crippen LogP contribution in [0.4, 0.5) is 22.7 Å². The summed E-state index contributed by atoms with van der Waals surface area (Å²) in [6, 6.07) is 33.4.